The molecule has 1 amide bonds. The summed E-state index contributed by atoms with van der Waals surface area (Å²) in [6.45, 7) is 0.158. The minimum atomic E-state index is -1.12. The van der Waals surface area contributed by atoms with E-state index in [2.05, 4.69) is 4.98 Å². The van der Waals surface area contributed by atoms with E-state index in [9.17, 15) is 14.7 Å². The molecule has 2 aromatic rings. The van der Waals surface area contributed by atoms with E-state index in [0.717, 1.165) is 0 Å². The van der Waals surface area contributed by atoms with Gasteiger partial charge in [-0.05, 0) is 12.1 Å². The molecule has 1 N–H and O–H groups in total. The van der Waals surface area contributed by atoms with Gasteiger partial charge in [0.05, 0.1) is 28.5 Å². The Morgan fingerprint density at radius 2 is 2.20 bits per heavy atom. The molecule has 0 saturated carbocycles. The van der Waals surface area contributed by atoms with Crippen molar-refractivity contribution in [2.75, 3.05) is 7.05 Å². The number of rotatable bonds is 1. The van der Waals surface area contributed by atoms with Crippen LogP contribution in [0, 0.1) is 0 Å². The third kappa shape index (κ3) is 1.69. The molecule has 0 aliphatic carbocycles. The fraction of sp³-hybridized carbons (Fsp3) is 0.154. The molecule has 1 aromatic carbocycles. The number of aromatic carboxylic acids is 1. The lowest BCUT2D eigenvalue weighted by molar-refractivity contribution is 0.0683. The number of carboxylic acids is 1. The van der Waals surface area contributed by atoms with Crippen LogP contribution in [0.3, 0.4) is 0 Å². The van der Waals surface area contributed by atoms with Crippen molar-refractivity contribution in [1.82, 2.24) is 14.5 Å². The van der Waals surface area contributed by atoms with E-state index in [0.29, 0.717) is 22.0 Å². The second-order valence-electron chi connectivity index (χ2n) is 4.51. The Bertz CT molecular complexity index is 738. The normalized spacial score (nSPS) is 13.7. The number of aromatic nitrogens is 2. The second kappa shape index (κ2) is 4.35. The van der Waals surface area contributed by atoms with Gasteiger partial charge in [0.1, 0.15) is 6.33 Å². The van der Waals surface area contributed by atoms with Gasteiger partial charge in [-0.1, -0.05) is 17.7 Å². The summed E-state index contributed by atoms with van der Waals surface area (Å²) in [4.78, 5) is 28.9. The predicted molar refractivity (Wildman–Crippen MR) is 71.3 cm³/mol. The van der Waals surface area contributed by atoms with Gasteiger partial charge in [-0.3, -0.25) is 9.36 Å². The van der Waals surface area contributed by atoms with Crippen LogP contribution in [0.15, 0.2) is 24.5 Å². The third-order valence-corrected chi connectivity index (χ3v) is 3.58. The zero-order chi connectivity index (χ0) is 14.4. The summed E-state index contributed by atoms with van der Waals surface area (Å²) in [7, 11) is 1.60. The molecule has 0 bridgehead atoms. The van der Waals surface area contributed by atoms with Crippen molar-refractivity contribution in [1.29, 1.82) is 0 Å². The Hall–Kier alpha value is -2.34. The van der Waals surface area contributed by atoms with Crippen LogP contribution in [-0.4, -0.2) is 38.5 Å². The first-order valence-electron chi connectivity index (χ1n) is 5.84. The van der Waals surface area contributed by atoms with E-state index in [1.807, 2.05) is 0 Å². The highest BCUT2D eigenvalue weighted by Crippen LogP contribution is 2.30. The number of halogens is 1. The van der Waals surface area contributed by atoms with Gasteiger partial charge in [-0.15, -0.1) is 0 Å². The van der Waals surface area contributed by atoms with Crippen molar-refractivity contribution in [2.45, 2.75) is 6.54 Å². The van der Waals surface area contributed by atoms with Crippen LogP contribution in [0.2, 0.25) is 5.02 Å². The van der Waals surface area contributed by atoms with Gasteiger partial charge in [-0.25, -0.2) is 9.78 Å². The highest BCUT2D eigenvalue weighted by Gasteiger charge is 2.29. The summed E-state index contributed by atoms with van der Waals surface area (Å²) in [6.07, 6.45) is 1.40. The van der Waals surface area contributed by atoms with Crippen molar-refractivity contribution in [3.8, 4) is 5.69 Å². The van der Waals surface area contributed by atoms with Crippen molar-refractivity contribution in [3.05, 3.63) is 46.5 Å². The van der Waals surface area contributed by atoms with Gasteiger partial charge in [0.2, 0.25) is 0 Å². The number of hydrogen-bond acceptors (Lipinski definition) is 3. The average molecular weight is 292 g/mol. The van der Waals surface area contributed by atoms with E-state index >= 15 is 0 Å². The van der Waals surface area contributed by atoms with Gasteiger partial charge in [0, 0.05) is 7.05 Å². The number of carbonyl (C=O) groups excluding carboxylic acids is 1. The van der Waals surface area contributed by atoms with Crippen molar-refractivity contribution in [3.63, 3.8) is 0 Å². The maximum atomic E-state index is 12.4. The average Bonchev–Trinajstić information content (AvgIpc) is 2.77. The molecular formula is C13H10ClN3O3. The molecule has 0 atom stereocenters. The van der Waals surface area contributed by atoms with Crippen molar-refractivity contribution in [2.24, 2.45) is 0 Å². The Morgan fingerprint density at radius 3 is 2.90 bits per heavy atom. The summed E-state index contributed by atoms with van der Waals surface area (Å²) in [6, 6.07) is 5.06. The first-order chi connectivity index (χ1) is 9.50. The summed E-state index contributed by atoms with van der Waals surface area (Å²) < 4.78 is 1.60. The maximum Gasteiger partial charge on any atom is 0.356 e. The monoisotopic (exact) mass is 291 g/mol. The Labute approximate surface area is 119 Å². The lowest BCUT2D eigenvalue weighted by atomic mass is 10.1. The van der Waals surface area contributed by atoms with Crippen LogP contribution in [0.25, 0.3) is 5.69 Å². The lowest BCUT2D eigenvalue weighted by Crippen LogP contribution is -2.26. The van der Waals surface area contributed by atoms with Gasteiger partial charge in [-0.2, -0.15) is 0 Å². The number of carbonyl (C=O) groups is 2. The van der Waals surface area contributed by atoms with Crippen LogP contribution in [0.5, 0.6) is 0 Å². The molecule has 1 aromatic heterocycles. The predicted octanol–water partition coefficient (Wildman–Crippen LogP) is 1.81. The van der Waals surface area contributed by atoms with Gasteiger partial charge in [0.25, 0.3) is 5.91 Å². The molecule has 1 aliphatic heterocycles. The number of imidazole rings is 1. The molecule has 7 heteroatoms. The summed E-state index contributed by atoms with van der Waals surface area (Å²) in [5.41, 5.74) is 1.29. The van der Waals surface area contributed by atoms with E-state index in [4.69, 9.17) is 11.6 Å². The fourth-order valence-corrected chi connectivity index (χ4v) is 2.57. The van der Waals surface area contributed by atoms with Gasteiger partial charge in [0.15, 0.2) is 5.69 Å². The second-order valence-corrected chi connectivity index (χ2v) is 4.92. The van der Waals surface area contributed by atoms with E-state index in [1.165, 1.54) is 11.2 Å². The first-order valence-corrected chi connectivity index (χ1v) is 6.22. The number of hydrogen-bond donors (Lipinski definition) is 1. The van der Waals surface area contributed by atoms with Crippen LogP contribution >= 0.6 is 11.6 Å². The topological polar surface area (TPSA) is 75.4 Å². The quantitative estimate of drug-likeness (QED) is 0.869. The molecule has 0 saturated heterocycles. The molecule has 6 nitrogen and oxygen atoms in total. The molecule has 0 radical (unpaired) electrons. The largest absolute Gasteiger partial charge is 0.476 e. The minimum Gasteiger partial charge on any atom is -0.476 e. The number of benzene rings is 1. The molecule has 102 valence electrons. The Kier molecular flexibility index (Phi) is 2.76. The van der Waals surface area contributed by atoms with E-state index in [-0.39, 0.29) is 18.1 Å². The smallest absolute Gasteiger partial charge is 0.356 e. The molecule has 0 unspecified atom stereocenters. The Morgan fingerprint density at radius 1 is 1.45 bits per heavy atom. The number of carboxylic acid groups (broad SMARTS) is 1. The van der Waals surface area contributed by atoms with Crippen LogP contribution in [0.1, 0.15) is 26.5 Å². The highest BCUT2D eigenvalue weighted by atomic mass is 35.5. The van der Waals surface area contributed by atoms with Crippen LogP contribution in [-0.2, 0) is 6.54 Å². The first kappa shape index (κ1) is 12.7. The molecule has 3 rings (SSSR count). The summed E-state index contributed by atoms with van der Waals surface area (Å²) in [5, 5.41) is 9.50. The van der Waals surface area contributed by atoms with Gasteiger partial charge >= 0.3 is 5.97 Å². The minimum absolute atomic E-state index is 0.0579. The molecule has 0 spiro atoms. The van der Waals surface area contributed by atoms with Crippen molar-refractivity contribution >= 4 is 23.5 Å². The zero-order valence-corrected chi connectivity index (χ0v) is 11.3. The number of nitrogens with zero attached hydrogens (tertiary/aromatic N) is 3. The van der Waals surface area contributed by atoms with Crippen LogP contribution in [0.4, 0.5) is 0 Å². The van der Waals surface area contributed by atoms with E-state index in [1.54, 1.807) is 29.8 Å². The Balaban J connectivity index is 2.35. The van der Waals surface area contributed by atoms with Crippen LogP contribution < -0.4 is 0 Å². The van der Waals surface area contributed by atoms with E-state index < -0.39 is 5.97 Å². The van der Waals surface area contributed by atoms with Gasteiger partial charge < -0.3 is 10.0 Å². The molecule has 0 fully saturated rings. The molecule has 20 heavy (non-hydrogen) atoms. The fourth-order valence-electron chi connectivity index (χ4n) is 2.32. The molecule has 1 aliphatic rings. The zero-order valence-electron chi connectivity index (χ0n) is 10.5. The lowest BCUT2D eigenvalue weighted by Gasteiger charge is -2.14. The molecule has 2 heterocycles. The number of fused-ring (bicyclic) bond motifs is 3. The molecular weight excluding hydrogens is 282 g/mol. The summed E-state index contributed by atoms with van der Waals surface area (Å²) in [5.74, 6) is -1.37. The maximum absolute atomic E-state index is 12.4. The SMILES string of the molecule is CN1Cc2c(C(=O)O)ncn2-c2cccc(Cl)c2C1=O. The number of amides is 1. The van der Waals surface area contributed by atoms with Crippen molar-refractivity contribution < 1.29 is 14.7 Å². The highest BCUT2D eigenvalue weighted by molar-refractivity contribution is 6.34. The summed E-state index contributed by atoms with van der Waals surface area (Å²) >= 11 is 6.11. The standard InChI is InChI=1S/C13H10ClN3O3/c1-16-5-9-11(13(19)20)15-6-17(9)8-4-2-3-7(14)10(8)12(16)18/h2-4,6H,5H2,1H3,(H,19,20). The third-order valence-electron chi connectivity index (χ3n) is 3.27.